The molecule has 0 saturated heterocycles. The first-order chi connectivity index (χ1) is 7.42. The van der Waals surface area contributed by atoms with Gasteiger partial charge in [-0.05, 0) is 33.8 Å². The van der Waals surface area contributed by atoms with E-state index in [-0.39, 0.29) is 5.97 Å². The average molecular weight is 223 g/mol. The SMILES string of the molecule is CCOc1ccc(C(=O)OC(C)(C)C)cn1. The monoisotopic (exact) mass is 223 g/mol. The summed E-state index contributed by atoms with van der Waals surface area (Å²) >= 11 is 0. The molecule has 1 aromatic heterocycles. The van der Waals surface area contributed by atoms with Gasteiger partial charge in [0.2, 0.25) is 5.88 Å². The summed E-state index contributed by atoms with van der Waals surface area (Å²) in [6.07, 6.45) is 1.46. The van der Waals surface area contributed by atoms with Crippen LogP contribution in [0.1, 0.15) is 38.1 Å². The van der Waals surface area contributed by atoms with Gasteiger partial charge in [0.25, 0.3) is 0 Å². The second-order valence-corrected chi connectivity index (χ2v) is 4.32. The molecule has 0 aliphatic carbocycles. The van der Waals surface area contributed by atoms with Crippen molar-refractivity contribution in [1.29, 1.82) is 0 Å². The second kappa shape index (κ2) is 4.96. The Balaban J connectivity index is 2.70. The third-order valence-corrected chi connectivity index (χ3v) is 1.66. The molecule has 0 atom stereocenters. The molecule has 0 spiro atoms. The van der Waals surface area contributed by atoms with Crippen LogP contribution in [0.5, 0.6) is 5.88 Å². The molecule has 1 heterocycles. The Morgan fingerprint density at radius 3 is 2.50 bits per heavy atom. The van der Waals surface area contributed by atoms with Crippen LogP contribution in [-0.2, 0) is 4.74 Å². The molecule has 0 aromatic carbocycles. The molecule has 0 N–H and O–H groups in total. The van der Waals surface area contributed by atoms with Crippen molar-refractivity contribution in [3.05, 3.63) is 23.9 Å². The van der Waals surface area contributed by atoms with Gasteiger partial charge in [0.1, 0.15) is 5.60 Å². The second-order valence-electron chi connectivity index (χ2n) is 4.32. The quantitative estimate of drug-likeness (QED) is 0.738. The van der Waals surface area contributed by atoms with Gasteiger partial charge >= 0.3 is 5.97 Å². The van der Waals surface area contributed by atoms with Crippen molar-refractivity contribution in [3.8, 4) is 5.88 Å². The van der Waals surface area contributed by atoms with Crippen LogP contribution in [0.15, 0.2) is 18.3 Å². The Kier molecular flexibility index (Phi) is 3.88. The Labute approximate surface area is 95.6 Å². The molecule has 4 heteroatoms. The summed E-state index contributed by atoms with van der Waals surface area (Å²) in [5.74, 6) is 0.137. The lowest BCUT2D eigenvalue weighted by Crippen LogP contribution is -2.23. The number of carbonyl (C=O) groups excluding carboxylic acids is 1. The van der Waals surface area contributed by atoms with Gasteiger partial charge in [-0.15, -0.1) is 0 Å². The number of esters is 1. The predicted molar refractivity (Wildman–Crippen MR) is 60.6 cm³/mol. The molecule has 0 bridgehead atoms. The lowest BCUT2D eigenvalue weighted by atomic mass is 10.2. The summed E-state index contributed by atoms with van der Waals surface area (Å²) < 4.78 is 10.4. The van der Waals surface area contributed by atoms with E-state index in [0.29, 0.717) is 18.1 Å². The first kappa shape index (κ1) is 12.5. The smallest absolute Gasteiger partial charge is 0.340 e. The van der Waals surface area contributed by atoms with Crippen LogP contribution in [0.2, 0.25) is 0 Å². The largest absolute Gasteiger partial charge is 0.478 e. The zero-order valence-corrected chi connectivity index (χ0v) is 10.1. The van der Waals surface area contributed by atoms with E-state index in [1.165, 1.54) is 6.20 Å². The number of ether oxygens (including phenoxy) is 2. The summed E-state index contributed by atoms with van der Waals surface area (Å²) in [5, 5.41) is 0. The van der Waals surface area contributed by atoms with E-state index in [1.54, 1.807) is 12.1 Å². The van der Waals surface area contributed by atoms with Gasteiger partial charge < -0.3 is 9.47 Å². The first-order valence-corrected chi connectivity index (χ1v) is 5.24. The van der Waals surface area contributed by atoms with E-state index in [9.17, 15) is 4.79 Å². The fourth-order valence-electron chi connectivity index (χ4n) is 1.07. The minimum Gasteiger partial charge on any atom is -0.478 e. The normalized spacial score (nSPS) is 11.0. The topological polar surface area (TPSA) is 48.4 Å². The zero-order chi connectivity index (χ0) is 12.2. The lowest BCUT2D eigenvalue weighted by Gasteiger charge is -2.19. The highest BCUT2D eigenvalue weighted by Crippen LogP contribution is 2.13. The molecule has 1 rings (SSSR count). The molecular formula is C12H17NO3. The Hall–Kier alpha value is -1.58. The molecule has 1 aromatic rings. The zero-order valence-electron chi connectivity index (χ0n) is 10.1. The molecule has 0 aliphatic heterocycles. The van der Waals surface area contributed by atoms with Crippen LogP contribution in [0.25, 0.3) is 0 Å². The van der Waals surface area contributed by atoms with Crippen LogP contribution >= 0.6 is 0 Å². The number of aromatic nitrogens is 1. The van der Waals surface area contributed by atoms with Gasteiger partial charge in [0.15, 0.2) is 0 Å². The van der Waals surface area contributed by atoms with E-state index in [4.69, 9.17) is 9.47 Å². The summed E-state index contributed by atoms with van der Waals surface area (Å²) in [4.78, 5) is 15.6. The van der Waals surface area contributed by atoms with Crippen LogP contribution < -0.4 is 4.74 Å². The Bertz CT molecular complexity index is 352. The Morgan fingerprint density at radius 2 is 2.06 bits per heavy atom. The maximum Gasteiger partial charge on any atom is 0.340 e. The number of hydrogen-bond donors (Lipinski definition) is 0. The molecule has 0 unspecified atom stereocenters. The van der Waals surface area contributed by atoms with Crippen LogP contribution in [0, 0.1) is 0 Å². The third kappa shape index (κ3) is 3.88. The van der Waals surface area contributed by atoms with Gasteiger partial charge in [0.05, 0.1) is 12.2 Å². The van der Waals surface area contributed by atoms with Gasteiger partial charge in [0, 0.05) is 12.3 Å². The summed E-state index contributed by atoms with van der Waals surface area (Å²) in [6, 6.07) is 3.30. The van der Waals surface area contributed by atoms with Crippen molar-refractivity contribution >= 4 is 5.97 Å². The fraction of sp³-hybridized carbons (Fsp3) is 0.500. The average Bonchev–Trinajstić information content (AvgIpc) is 2.16. The highest BCUT2D eigenvalue weighted by molar-refractivity contribution is 5.89. The van der Waals surface area contributed by atoms with E-state index in [2.05, 4.69) is 4.98 Å². The summed E-state index contributed by atoms with van der Waals surface area (Å²) in [7, 11) is 0. The van der Waals surface area contributed by atoms with E-state index in [0.717, 1.165) is 0 Å². The van der Waals surface area contributed by atoms with E-state index >= 15 is 0 Å². The molecule has 16 heavy (non-hydrogen) atoms. The highest BCUT2D eigenvalue weighted by atomic mass is 16.6. The molecule has 0 amide bonds. The highest BCUT2D eigenvalue weighted by Gasteiger charge is 2.17. The molecule has 0 fully saturated rings. The maximum absolute atomic E-state index is 11.6. The molecule has 4 nitrogen and oxygen atoms in total. The molecular weight excluding hydrogens is 206 g/mol. The predicted octanol–water partition coefficient (Wildman–Crippen LogP) is 2.44. The van der Waals surface area contributed by atoms with Crippen molar-refractivity contribution in [2.24, 2.45) is 0 Å². The minimum absolute atomic E-state index is 0.372. The molecule has 0 saturated carbocycles. The van der Waals surface area contributed by atoms with Crippen molar-refractivity contribution in [2.75, 3.05) is 6.61 Å². The minimum atomic E-state index is -0.490. The van der Waals surface area contributed by atoms with Gasteiger partial charge in [-0.25, -0.2) is 9.78 Å². The van der Waals surface area contributed by atoms with E-state index in [1.807, 2.05) is 27.7 Å². The lowest BCUT2D eigenvalue weighted by molar-refractivity contribution is 0.00690. The number of hydrogen-bond acceptors (Lipinski definition) is 4. The van der Waals surface area contributed by atoms with Crippen molar-refractivity contribution in [2.45, 2.75) is 33.3 Å². The molecule has 0 radical (unpaired) electrons. The van der Waals surface area contributed by atoms with Crippen LogP contribution in [0.4, 0.5) is 0 Å². The third-order valence-electron chi connectivity index (χ3n) is 1.66. The van der Waals surface area contributed by atoms with Gasteiger partial charge in [-0.2, -0.15) is 0 Å². The molecule has 0 aliphatic rings. The van der Waals surface area contributed by atoms with E-state index < -0.39 is 5.60 Å². The number of pyridine rings is 1. The number of carbonyl (C=O) groups is 1. The van der Waals surface area contributed by atoms with Crippen LogP contribution in [0.3, 0.4) is 0 Å². The van der Waals surface area contributed by atoms with Crippen LogP contribution in [-0.4, -0.2) is 23.2 Å². The van der Waals surface area contributed by atoms with Crippen molar-refractivity contribution in [1.82, 2.24) is 4.98 Å². The standard InChI is InChI=1S/C12H17NO3/c1-5-15-10-7-6-9(8-13-10)11(14)16-12(2,3)4/h6-8H,5H2,1-4H3. The van der Waals surface area contributed by atoms with Crippen molar-refractivity contribution in [3.63, 3.8) is 0 Å². The summed E-state index contributed by atoms with van der Waals surface area (Å²) in [6.45, 7) is 7.91. The van der Waals surface area contributed by atoms with Gasteiger partial charge in [-0.3, -0.25) is 0 Å². The van der Waals surface area contributed by atoms with Crippen molar-refractivity contribution < 1.29 is 14.3 Å². The number of rotatable bonds is 3. The number of nitrogens with zero attached hydrogens (tertiary/aromatic N) is 1. The first-order valence-electron chi connectivity index (χ1n) is 5.24. The molecule has 88 valence electrons. The van der Waals surface area contributed by atoms with Gasteiger partial charge in [-0.1, -0.05) is 0 Å². The maximum atomic E-state index is 11.6. The summed E-state index contributed by atoms with van der Waals surface area (Å²) in [5.41, 5.74) is -0.0613. The Morgan fingerprint density at radius 1 is 1.38 bits per heavy atom. The fourth-order valence-corrected chi connectivity index (χ4v) is 1.07.